The maximum atomic E-state index is 9.34. The molecular weight excluding hydrogens is 412 g/mol. The van der Waals surface area contributed by atoms with Gasteiger partial charge in [0, 0.05) is 31.2 Å². The molecule has 0 aliphatic rings. The van der Waals surface area contributed by atoms with Crippen LogP contribution in [0.1, 0.15) is 16.7 Å². The number of hydrogen-bond acceptors (Lipinski definition) is 7. The Morgan fingerprint density at radius 3 is 1.97 bits per heavy atom. The highest BCUT2D eigenvalue weighted by atomic mass is 16.3. The minimum atomic E-state index is 0.00576. The molecule has 0 saturated carbocycles. The number of benzene rings is 3. The number of rotatable bonds is 7. The standard InChI is InChI=1S/C26H28N6O/c1-18-8-12-21(13-9-18)27-24-28-25(31(3)22-14-10-20(17-33)11-15-22)30-26(29-24)32(4)23-7-5-6-19(2)16-23/h5-16,33H,17H2,1-4H3,(H,27,28,29,30). The highest BCUT2D eigenvalue weighted by molar-refractivity contribution is 5.64. The van der Waals surface area contributed by atoms with E-state index in [1.54, 1.807) is 0 Å². The second-order valence-electron chi connectivity index (χ2n) is 8.03. The molecule has 33 heavy (non-hydrogen) atoms. The molecule has 0 aliphatic carbocycles. The smallest absolute Gasteiger partial charge is 0.236 e. The Morgan fingerprint density at radius 2 is 1.36 bits per heavy atom. The van der Waals surface area contributed by atoms with E-state index in [1.165, 1.54) is 5.56 Å². The van der Waals surface area contributed by atoms with Crippen LogP contribution in [-0.4, -0.2) is 34.2 Å². The molecule has 7 heteroatoms. The van der Waals surface area contributed by atoms with Crippen LogP contribution in [-0.2, 0) is 6.61 Å². The van der Waals surface area contributed by atoms with E-state index in [-0.39, 0.29) is 6.61 Å². The lowest BCUT2D eigenvalue weighted by atomic mass is 10.2. The van der Waals surface area contributed by atoms with Gasteiger partial charge >= 0.3 is 0 Å². The Kier molecular flexibility index (Phi) is 6.51. The molecule has 0 amide bonds. The third-order valence-corrected chi connectivity index (χ3v) is 5.41. The molecule has 0 saturated heterocycles. The summed E-state index contributed by atoms with van der Waals surface area (Å²) in [6, 6.07) is 23.9. The Bertz CT molecular complexity index is 1220. The minimum Gasteiger partial charge on any atom is -0.392 e. The van der Waals surface area contributed by atoms with Crippen molar-refractivity contribution in [2.75, 3.05) is 29.2 Å². The lowest BCUT2D eigenvalue weighted by Crippen LogP contribution is -2.19. The van der Waals surface area contributed by atoms with Crippen LogP contribution in [0.4, 0.5) is 34.9 Å². The fraction of sp³-hybridized carbons (Fsp3) is 0.192. The largest absolute Gasteiger partial charge is 0.392 e. The van der Waals surface area contributed by atoms with Gasteiger partial charge in [0.25, 0.3) is 0 Å². The Morgan fingerprint density at radius 1 is 0.727 bits per heavy atom. The van der Waals surface area contributed by atoms with Crippen LogP contribution in [0.5, 0.6) is 0 Å². The molecule has 2 N–H and O–H groups in total. The molecule has 0 radical (unpaired) electrons. The number of aromatic nitrogens is 3. The van der Waals surface area contributed by atoms with E-state index in [1.807, 2.05) is 84.6 Å². The van der Waals surface area contributed by atoms with Crippen LogP contribution in [0.3, 0.4) is 0 Å². The molecule has 7 nitrogen and oxygen atoms in total. The Hall–Kier alpha value is -3.97. The van der Waals surface area contributed by atoms with Crippen LogP contribution in [0.2, 0.25) is 0 Å². The molecule has 1 heterocycles. The summed E-state index contributed by atoms with van der Waals surface area (Å²) in [5.41, 5.74) is 5.99. The zero-order chi connectivity index (χ0) is 23.4. The molecule has 168 valence electrons. The molecule has 1 aromatic heterocycles. The average molecular weight is 441 g/mol. The van der Waals surface area contributed by atoms with Gasteiger partial charge in [0.1, 0.15) is 0 Å². The topological polar surface area (TPSA) is 77.4 Å². The van der Waals surface area contributed by atoms with Crippen LogP contribution in [0.25, 0.3) is 0 Å². The van der Waals surface area contributed by atoms with Crippen molar-refractivity contribution in [1.82, 2.24) is 15.0 Å². The SMILES string of the molecule is Cc1ccc(Nc2nc(N(C)c3ccc(CO)cc3)nc(N(C)c3cccc(C)c3)n2)cc1. The number of nitrogens with zero attached hydrogens (tertiary/aromatic N) is 5. The molecule has 0 atom stereocenters. The quantitative estimate of drug-likeness (QED) is 0.406. The van der Waals surface area contributed by atoms with Gasteiger partial charge in [0.2, 0.25) is 17.8 Å². The molecular formula is C26H28N6O. The summed E-state index contributed by atoms with van der Waals surface area (Å²) in [4.78, 5) is 18.0. The lowest BCUT2D eigenvalue weighted by Gasteiger charge is -2.22. The normalized spacial score (nSPS) is 10.7. The van der Waals surface area contributed by atoms with E-state index in [2.05, 4.69) is 36.3 Å². The number of hydrogen-bond donors (Lipinski definition) is 2. The summed E-state index contributed by atoms with van der Waals surface area (Å²) in [6.07, 6.45) is 0. The maximum Gasteiger partial charge on any atom is 0.236 e. The van der Waals surface area contributed by atoms with E-state index >= 15 is 0 Å². The van der Waals surface area contributed by atoms with E-state index in [0.717, 1.165) is 28.2 Å². The van der Waals surface area contributed by atoms with E-state index in [0.29, 0.717) is 17.8 Å². The fourth-order valence-corrected chi connectivity index (χ4v) is 3.37. The predicted octanol–water partition coefficient (Wildman–Crippen LogP) is 5.26. The van der Waals surface area contributed by atoms with Gasteiger partial charge in [0.15, 0.2) is 0 Å². The molecule has 0 aliphatic heterocycles. The second-order valence-corrected chi connectivity index (χ2v) is 8.03. The minimum absolute atomic E-state index is 0.00576. The summed E-state index contributed by atoms with van der Waals surface area (Å²) < 4.78 is 0. The number of aliphatic hydroxyl groups excluding tert-OH is 1. The zero-order valence-corrected chi connectivity index (χ0v) is 19.3. The molecule has 0 unspecified atom stereocenters. The number of aryl methyl sites for hydroxylation is 2. The predicted molar refractivity (Wildman–Crippen MR) is 134 cm³/mol. The van der Waals surface area contributed by atoms with Crippen LogP contribution >= 0.6 is 0 Å². The first-order valence-electron chi connectivity index (χ1n) is 10.8. The van der Waals surface area contributed by atoms with Crippen molar-refractivity contribution in [2.45, 2.75) is 20.5 Å². The summed E-state index contributed by atoms with van der Waals surface area (Å²) in [5, 5.41) is 12.6. The Balaban J connectivity index is 1.73. The summed E-state index contributed by atoms with van der Waals surface area (Å²) in [5.74, 6) is 1.49. The lowest BCUT2D eigenvalue weighted by molar-refractivity contribution is 0.282. The van der Waals surface area contributed by atoms with Crippen molar-refractivity contribution in [3.8, 4) is 0 Å². The molecule has 3 aromatic carbocycles. The van der Waals surface area contributed by atoms with Crippen LogP contribution in [0, 0.1) is 13.8 Å². The molecule has 4 aromatic rings. The average Bonchev–Trinajstić information content (AvgIpc) is 2.84. The number of anilines is 6. The molecule has 0 spiro atoms. The fourth-order valence-electron chi connectivity index (χ4n) is 3.37. The van der Waals surface area contributed by atoms with Crippen LogP contribution < -0.4 is 15.1 Å². The summed E-state index contributed by atoms with van der Waals surface area (Å²) in [7, 11) is 3.86. The second kappa shape index (κ2) is 9.67. The number of nitrogens with one attached hydrogen (secondary N) is 1. The van der Waals surface area contributed by atoms with Gasteiger partial charge in [-0.2, -0.15) is 15.0 Å². The third kappa shape index (κ3) is 5.27. The van der Waals surface area contributed by atoms with Crippen molar-refractivity contribution in [2.24, 2.45) is 0 Å². The van der Waals surface area contributed by atoms with Crippen molar-refractivity contribution in [3.63, 3.8) is 0 Å². The van der Waals surface area contributed by atoms with E-state index in [9.17, 15) is 5.11 Å². The van der Waals surface area contributed by atoms with Gasteiger partial charge in [0.05, 0.1) is 6.61 Å². The van der Waals surface area contributed by atoms with Gasteiger partial charge in [-0.05, 0) is 61.4 Å². The molecule has 4 rings (SSSR count). The molecule has 0 fully saturated rings. The van der Waals surface area contributed by atoms with E-state index < -0.39 is 0 Å². The molecule has 0 bridgehead atoms. The number of aliphatic hydroxyl groups is 1. The van der Waals surface area contributed by atoms with E-state index in [4.69, 9.17) is 9.97 Å². The summed E-state index contributed by atoms with van der Waals surface area (Å²) >= 11 is 0. The monoisotopic (exact) mass is 440 g/mol. The maximum absolute atomic E-state index is 9.34. The third-order valence-electron chi connectivity index (χ3n) is 5.41. The zero-order valence-electron chi connectivity index (χ0n) is 19.3. The first-order chi connectivity index (χ1) is 15.9. The van der Waals surface area contributed by atoms with Crippen molar-refractivity contribution in [3.05, 3.63) is 89.5 Å². The van der Waals surface area contributed by atoms with Crippen molar-refractivity contribution < 1.29 is 5.11 Å². The highest BCUT2D eigenvalue weighted by Crippen LogP contribution is 2.27. The Labute approximate surface area is 194 Å². The van der Waals surface area contributed by atoms with Gasteiger partial charge < -0.3 is 20.2 Å². The van der Waals surface area contributed by atoms with Gasteiger partial charge in [-0.3, -0.25) is 0 Å². The van der Waals surface area contributed by atoms with Crippen LogP contribution in [0.15, 0.2) is 72.8 Å². The first kappa shape index (κ1) is 22.2. The van der Waals surface area contributed by atoms with Gasteiger partial charge in [-0.1, -0.05) is 42.0 Å². The van der Waals surface area contributed by atoms with Gasteiger partial charge in [-0.25, -0.2) is 0 Å². The van der Waals surface area contributed by atoms with Crippen molar-refractivity contribution >= 4 is 34.9 Å². The van der Waals surface area contributed by atoms with Gasteiger partial charge in [-0.15, -0.1) is 0 Å². The first-order valence-corrected chi connectivity index (χ1v) is 10.8. The van der Waals surface area contributed by atoms with Crippen molar-refractivity contribution in [1.29, 1.82) is 0 Å². The highest BCUT2D eigenvalue weighted by Gasteiger charge is 2.16. The summed E-state index contributed by atoms with van der Waals surface area (Å²) in [6.45, 7) is 4.12.